The number of carbonyl (C=O) groups is 1. The summed E-state index contributed by atoms with van der Waals surface area (Å²) in [7, 11) is 0. The number of benzene rings is 1. The molecule has 140 valence electrons. The summed E-state index contributed by atoms with van der Waals surface area (Å²) in [6.07, 6.45) is 7.13. The van der Waals surface area contributed by atoms with Gasteiger partial charge in [0.2, 0.25) is 11.8 Å². The van der Waals surface area contributed by atoms with E-state index in [-0.39, 0.29) is 18.0 Å². The molecule has 1 saturated carbocycles. The molecule has 0 aliphatic heterocycles. The molecule has 1 aliphatic rings. The van der Waals surface area contributed by atoms with E-state index in [4.69, 9.17) is 4.52 Å². The Morgan fingerprint density at radius 1 is 1.26 bits per heavy atom. The molecule has 7 nitrogen and oxygen atoms in total. The molecule has 7 heteroatoms. The standard InChI is InChI=1S/C20H22N4O3/c1-13-19(14-7-3-2-4-8-14)23-27-20(13)22-17(25)12-24-16-10-6-5-9-15(16)21-11-18(24)26/h5-6,9-11,14H,2-4,7-8,12H2,1H3,(H,22,25). The van der Waals surface area contributed by atoms with Gasteiger partial charge in [-0.25, -0.2) is 4.98 Å². The number of nitrogens with one attached hydrogen (secondary N) is 1. The van der Waals surface area contributed by atoms with E-state index in [2.05, 4.69) is 15.5 Å². The maximum absolute atomic E-state index is 12.5. The first kappa shape index (κ1) is 17.5. The molecule has 1 aromatic carbocycles. The monoisotopic (exact) mass is 366 g/mol. The highest BCUT2D eigenvalue weighted by Gasteiger charge is 2.24. The van der Waals surface area contributed by atoms with Crippen LogP contribution in [-0.2, 0) is 11.3 Å². The molecule has 0 unspecified atom stereocenters. The predicted molar refractivity (Wildman–Crippen MR) is 102 cm³/mol. The average Bonchev–Trinajstić information content (AvgIpc) is 3.05. The second kappa shape index (κ2) is 7.34. The Morgan fingerprint density at radius 2 is 2.04 bits per heavy atom. The Hall–Kier alpha value is -2.96. The van der Waals surface area contributed by atoms with Gasteiger partial charge in [0, 0.05) is 11.5 Å². The van der Waals surface area contributed by atoms with E-state index >= 15 is 0 Å². The van der Waals surface area contributed by atoms with Crippen LogP contribution < -0.4 is 10.9 Å². The number of para-hydroxylation sites is 2. The fourth-order valence-electron chi connectivity index (χ4n) is 3.81. The minimum Gasteiger partial charge on any atom is -0.338 e. The summed E-state index contributed by atoms with van der Waals surface area (Å²) in [5, 5.41) is 6.96. The average molecular weight is 366 g/mol. The van der Waals surface area contributed by atoms with E-state index in [9.17, 15) is 9.59 Å². The Morgan fingerprint density at radius 3 is 2.85 bits per heavy atom. The predicted octanol–water partition coefficient (Wildman–Crippen LogP) is 3.38. The number of hydrogen-bond acceptors (Lipinski definition) is 5. The van der Waals surface area contributed by atoms with Crippen molar-refractivity contribution >= 4 is 22.8 Å². The normalized spacial score (nSPS) is 15.1. The number of aromatic nitrogens is 3. The molecular weight excluding hydrogens is 344 g/mol. The van der Waals surface area contributed by atoms with Crippen LogP contribution in [0.5, 0.6) is 0 Å². The first-order valence-electron chi connectivity index (χ1n) is 9.34. The van der Waals surface area contributed by atoms with E-state index in [0.29, 0.717) is 22.8 Å². The second-order valence-electron chi connectivity index (χ2n) is 7.08. The van der Waals surface area contributed by atoms with Crippen molar-refractivity contribution in [3.63, 3.8) is 0 Å². The van der Waals surface area contributed by atoms with Gasteiger partial charge in [-0.05, 0) is 31.9 Å². The Kier molecular flexibility index (Phi) is 4.75. The molecule has 1 N–H and O–H groups in total. The van der Waals surface area contributed by atoms with Crippen molar-refractivity contribution in [1.82, 2.24) is 14.7 Å². The third kappa shape index (κ3) is 3.49. The van der Waals surface area contributed by atoms with Crippen LogP contribution in [0.25, 0.3) is 11.0 Å². The van der Waals surface area contributed by atoms with Gasteiger partial charge in [0.25, 0.3) is 5.56 Å². The van der Waals surface area contributed by atoms with Crippen molar-refractivity contribution in [3.8, 4) is 0 Å². The molecule has 0 bridgehead atoms. The molecule has 0 spiro atoms. The number of carbonyl (C=O) groups excluding carboxylic acids is 1. The van der Waals surface area contributed by atoms with E-state index in [1.807, 2.05) is 19.1 Å². The van der Waals surface area contributed by atoms with Crippen molar-refractivity contribution in [1.29, 1.82) is 0 Å². The minimum absolute atomic E-state index is 0.110. The molecule has 2 heterocycles. The van der Waals surface area contributed by atoms with Gasteiger partial charge in [-0.3, -0.25) is 19.5 Å². The Bertz CT molecular complexity index is 1030. The summed E-state index contributed by atoms with van der Waals surface area (Å²) in [5.74, 6) is 0.440. The molecule has 0 atom stereocenters. The van der Waals surface area contributed by atoms with Crippen molar-refractivity contribution < 1.29 is 9.32 Å². The first-order valence-corrected chi connectivity index (χ1v) is 9.34. The molecule has 0 saturated heterocycles. The zero-order chi connectivity index (χ0) is 18.8. The molecule has 1 aliphatic carbocycles. The number of nitrogens with zero attached hydrogens (tertiary/aromatic N) is 3. The highest BCUT2D eigenvalue weighted by molar-refractivity contribution is 5.90. The second-order valence-corrected chi connectivity index (χ2v) is 7.08. The zero-order valence-corrected chi connectivity index (χ0v) is 15.3. The van der Waals surface area contributed by atoms with Crippen LogP contribution >= 0.6 is 0 Å². The van der Waals surface area contributed by atoms with E-state index in [1.165, 1.54) is 30.0 Å². The van der Waals surface area contributed by atoms with Gasteiger partial charge in [-0.2, -0.15) is 0 Å². The maximum atomic E-state index is 12.5. The third-order valence-electron chi connectivity index (χ3n) is 5.26. The van der Waals surface area contributed by atoms with Gasteiger partial charge in [-0.1, -0.05) is 36.6 Å². The molecule has 2 aromatic heterocycles. The van der Waals surface area contributed by atoms with Crippen LogP contribution in [0.3, 0.4) is 0 Å². The molecule has 0 radical (unpaired) electrons. The fraction of sp³-hybridized carbons (Fsp3) is 0.400. The quantitative estimate of drug-likeness (QED) is 0.764. The summed E-state index contributed by atoms with van der Waals surface area (Å²) < 4.78 is 6.80. The number of amides is 1. The lowest BCUT2D eigenvalue weighted by molar-refractivity contribution is -0.116. The smallest absolute Gasteiger partial charge is 0.269 e. The van der Waals surface area contributed by atoms with Crippen molar-refractivity contribution in [2.24, 2.45) is 0 Å². The Labute approximate surface area is 156 Å². The number of anilines is 1. The van der Waals surface area contributed by atoms with Gasteiger partial charge in [0.05, 0.1) is 22.9 Å². The van der Waals surface area contributed by atoms with E-state index < -0.39 is 0 Å². The highest BCUT2D eigenvalue weighted by Crippen LogP contribution is 2.35. The summed E-state index contributed by atoms with van der Waals surface area (Å²) in [6.45, 7) is 1.81. The molecular formula is C20H22N4O3. The largest absolute Gasteiger partial charge is 0.338 e. The molecule has 4 rings (SSSR count). The third-order valence-corrected chi connectivity index (χ3v) is 5.26. The van der Waals surface area contributed by atoms with Gasteiger partial charge < -0.3 is 4.52 Å². The van der Waals surface area contributed by atoms with E-state index in [1.54, 1.807) is 12.1 Å². The molecule has 27 heavy (non-hydrogen) atoms. The summed E-state index contributed by atoms with van der Waals surface area (Å²) in [5.41, 5.74) is 2.79. The van der Waals surface area contributed by atoms with Crippen LogP contribution in [0.15, 0.2) is 39.8 Å². The van der Waals surface area contributed by atoms with Crippen molar-refractivity contribution in [3.05, 3.63) is 52.1 Å². The summed E-state index contributed by atoms with van der Waals surface area (Å²) >= 11 is 0. The van der Waals surface area contributed by atoms with Crippen LogP contribution in [-0.4, -0.2) is 20.6 Å². The molecule has 1 fully saturated rings. The molecule has 3 aromatic rings. The topological polar surface area (TPSA) is 90.0 Å². The van der Waals surface area contributed by atoms with Crippen LogP contribution in [0, 0.1) is 6.92 Å². The van der Waals surface area contributed by atoms with Crippen LogP contribution in [0.2, 0.25) is 0 Å². The number of rotatable bonds is 4. The number of fused-ring (bicyclic) bond motifs is 1. The Balaban J connectivity index is 1.53. The van der Waals surface area contributed by atoms with Crippen LogP contribution in [0.1, 0.15) is 49.3 Å². The van der Waals surface area contributed by atoms with Gasteiger partial charge in [-0.15, -0.1) is 0 Å². The minimum atomic E-state index is -0.331. The van der Waals surface area contributed by atoms with Crippen LogP contribution in [0.4, 0.5) is 5.88 Å². The lowest BCUT2D eigenvalue weighted by Crippen LogP contribution is -2.28. The SMILES string of the molecule is Cc1c(C2CCCCC2)noc1NC(=O)Cn1c(=O)cnc2ccccc21. The maximum Gasteiger partial charge on any atom is 0.269 e. The summed E-state index contributed by atoms with van der Waals surface area (Å²) in [4.78, 5) is 28.8. The highest BCUT2D eigenvalue weighted by atomic mass is 16.5. The first-order chi connectivity index (χ1) is 13.1. The van der Waals surface area contributed by atoms with Gasteiger partial charge >= 0.3 is 0 Å². The van der Waals surface area contributed by atoms with Crippen molar-refractivity contribution in [2.75, 3.05) is 5.32 Å². The lowest BCUT2D eigenvalue weighted by atomic mass is 9.86. The van der Waals surface area contributed by atoms with E-state index in [0.717, 1.165) is 24.1 Å². The summed E-state index contributed by atoms with van der Waals surface area (Å²) in [6, 6.07) is 7.24. The van der Waals surface area contributed by atoms with Gasteiger partial charge in [0.1, 0.15) is 6.54 Å². The fourth-order valence-corrected chi connectivity index (χ4v) is 3.81. The van der Waals surface area contributed by atoms with Crippen molar-refractivity contribution in [2.45, 2.75) is 51.5 Å². The zero-order valence-electron chi connectivity index (χ0n) is 15.3. The molecule has 1 amide bonds. The number of hydrogen-bond donors (Lipinski definition) is 1. The lowest BCUT2D eigenvalue weighted by Gasteiger charge is -2.19. The van der Waals surface area contributed by atoms with Gasteiger partial charge in [0.15, 0.2) is 0 Å².